The Balaban J connectivity index is 1.86. The van der Waals surface area contributed by atoms with Crippen LogP contribution in [0.15, 0.2) is 0 Å². The van der Waals surface area contributed by atoms with E-state index >= 15 is 0 Å². The van der Waals surface area contributed by atoms with E-state index in [2.05, 4.69) is 29.2 Å². The summed E-state index contributed by atoms with van der Waals surface area (Å²) in [6.45, 7) is 4.93. The number of likely N-dealkylation sites (N-methyl/N-ethyl adjacent to an activating group) is 1. The van der Waals surface area contributed by atoms with Gasteiger partial charge < -0.3 is 10.2 Å². The predicted molar refractivity (Wildman–Crippen MR) is 68.8 cm³/mol. The van der Waals surface area contributed by atoms with Gasteiger partial charge in [-0.1, -0.05) is 12.8 Å². The Morgan fingerprint density at radius 2 is 1.94 bits per heavy atom. The molecule has 1 heterocycles. The van der Waals surface area contributed by atoms with Crippen molar-refractivity contribution in [1.29, 1.82) is 0 Å². The molecule has 0 aromatic carbocycles. The molecule has 0 spiro atoms. The van der Waals surface area contributed by atoms with Crippen molar-refractivity contribution in [2.24, 2.45) is 0 Å². The summed E-state index contributed by atoms with van der Waals surface area (Å²) >= 11 is 0. The van der Waals surface area contributed by atoms with Gasteiger partial charge in [0.25, 0.3) is 0 Å². The summed E-state index contributed by atoms with van der Waals surface area (Å²) in [5, 5.41) is 3.68. The molecule has 94 valence electrons. The number of hydrogen-bond acceptors (Lipinski definition) is 3. The lowest BCUT2D eigenvalue weighted by Crippen LogP contribution is -2.46. The van der Waals surface area contributed by atoms with Crippen LogP contribution in [0.25, 0.3) is 0 Å². The first-order valence-electron chi connectivity index (χ1n) is 6.88. The standard InChI is InChI=1S/C13H27N3/c1-15(2)10-12-11-16(9-5-8-14-12)13-6-3-4-7-13/h12-14H,3-11H2,1-2H3. The first kappa shape index (κ1) is 12.3. The third-order valence-corrected chi connectivity index (χ3v) is 3.94. The summed E-state index contributed by atoms with van der Waals surface area (Å²) in [5.74, 6) is 0. The minimum absolute atomic E-state index is 0.665. The quantitative estimate of drug-likeness (QED) is 0.777. The molecule has 2 fully saturated rings. The van der Waals surface area contributed by atoms with Crippen LogP contribution in [0.1, 0.15) is 32.1 Å². The highest BCUT2D eigenvalue weighted by molar-refractivity contribution is 4.84. The third-order valence-electron chi connectivity index (χ3n) is 3.94. The Bertz CT molecular complexity index is 199. The van der Waals surface area contributed by atoms with Crippen LogP contribution in [0.3, 0.4) is 0 Å². The van der Waals surface area contributed by atoms with Gasteiger partial charge in [0, 0.05) is 25.2 Å². The Hall–Kier alpha value is -0.120. The minimum atomic E-state index is 0.665. The molecule has 0 aromatic heterocycles. The van der Waals surface area contributed by atoms with Crippen molar-refractivity contribution in [1.82, 2.24) is 15.1 Å². The molecule has 1 atom stereocenters. The second-order valence-corrected chi connectivity index (χ2v) is 5.70. The van der Waals surface area contributed by atoms with Crippen molar-refractivity contribution in [3.63, 3.8) is 0 Å². The smallest absolute Gasteiger partial charge is 0.0322 e. The fourth-order valence-electron chi connectivity index (χ4n) is 3.19. The van der Waals surface area contributed by atoms with Crippen molar-refractivity contribution in [3.05, 3.63) is 0 Å². The van der Waals surface area contributed by atoms with Gasteiger partial charge in [-0.25, -0.2) is 0 Å². The molecule has 1 aliphatic carbocycles. The molecule has 0 aromatic rings. The summed E-state index contributed by atoms with van der Waals surface area (Å²) < 4.78 is 0. The molecular formula is C13H27N3. The normalized spacial score (nSPS) is 29.8. The van der Waals surface area contributed by atoms with E-state index in [0.29, 0.717) is 6.04 Å². The Morgan fingerprint density at radius 1 is 1.19 bits per heavy atom. The van der Waals surface area contributed by atoms with Gasteiger partial charge in [-0.2, -0.15) is 0 Å². The largest absolute Gasteiger partial charge is 0.311 e. The summed E-state index contributed by atoms with van der Waals surface area (Å²) in [7, 11) is 4.35. The van der Waals surface area contributed by atoms with E-state index in [1.165, 1.54) is 58.3 Å². The van der Waals surface area contributed by atoms with Crippen LogP contribution < -0.4 is 5.32 Å². The SMILES string of the molecule is CN(C)CC1CN(C2CCCC2)CCCN1. The second kappa shape index (κ2) is 5.99. The summed E-state index contributed by atoms with van der Waals surface area (Å²) in [6, 6.07) is 1.56. The highest BCUT2D eigenvalue weighted by atomic mass is 15.2. The number of nitrogens with one attached hydrogen (secondary N) is 1. The zero-order valence-corrected chi connectivity index (χ0v) is 10.9. The molecule has 1 saturated heterocycles. The first-order valence-corrected chi connectivity index (χ1v) is 6.88. The first-order chi connectivity index (χ1) is 7.75. The van der Waals surface area contributed by atoms with Gasteiger partial charge in [-0.15, -0.1) is 0 Å². The van der Waals surface area contributed by atoms with Crippen molar-refractivity contribution in [2.45, 2.75) is 44.2 Å². The second-order valence-electron chi connectivity index (χ2n) is 5.70. The van der Waals surface area contributed by atoms with Crippen molar-refractivity contribution >= 4 is 0 Å². The van der Waals surface area contributed by atoms with Gasteiger partial charge in [0.15, 0.2) is 0 Å². The minimum Gasteiger partial charge on any atom is -0.311 e. The van der Waals surface area contributed by atoms with Crippen molar-refractivity contribution in [3.8, 4) is 0 Å². The topological polar surface area (TPSA) is 18.5 Å². The lowest BCUT2D eigenvalue weighted by atomic mass is 10.1. The van der Waals surface area contributed by atoms with Crippen molar-refractivity contribution in [2.75, 3.05) is 40.3 Å². The van der Waals surface area contributed by atoms with E-state index in [4.69, 9.17) is 0 Å². The van der Waals surface area contributed by atoms with Gasteiger partial charge in [-0.05, 0) is 46.4 Å². The maximum absolute atomic E-state index is 3.68. The molecule has 2 aliphatic rings. The molecule has 0 radical (unpaired) electrons. The molecule has 16 heavy (non-hydrogen) atoms. The highest BCUT2D eigenvalue weighted by Gasteiger charge is 2.26. The molecular weight excluding hydrogens is 198 g/mol. The molecule has 1 N–H and O–H groups in total. The zero-order chi connectivity index (χ0) is 11.4. The highest BCUT2D eigenvalue weighted by Crippen LogP contribution is 2.24. The monoisotopic (exact) mass is 225 g/mol. The molecule has 1 unspecified atom stereocenters. The van der Waals surface area contributed by atoms with Gasteiger partial charge in [0.1, 0.15) is 0 Å². The molecule has 2 rings (SSSR count). The van der Waals surface area contributed by atoms with Gasteiger partial charge in [-0.3, -0.25) is 4.90 Å². The average molecular weight is 225 g/mol. The fourth-order valence-corrected chi connectivity index (χ4v) is 3.19. The van der Waals surface area contributed by atoms with E-state index in [0.717, 1.165) is 6.04 Å². The number of nitrogens with zero attached hydrogens (tertiary/aromatic N) is 2. The lowest BCUT2D eigenvalue weighted by molar-refractivity contribution is 0.184. The van der Waals surface area contributed by atoms with Crippen molar-refractivity contribution < 1.29 is 0 Å². The molecule has 0 amide bonds. The Kier molecular flexibility index (Phi) is 4.62. The maximum atomic E-state index is 3.68. The molecule has 0 bridgehead atoms. The van der Waals surface area contributed by atoms with E-state index in [9.17, 15) is 0 Å². The van der Waals surface area contributed by atoms with Crippen LogP contribution in [0.4, 0.5) is 0 Å². The van der Waals surface area contributed by atoms with E-state index in [1.54, 1.807) is 0 Å². The van der Waals surface area contributed by atoms with E-state index in [-0.39, 0.29) is 0 Å². The molecule has 3 nitrogen and oxygen atoms in total. The third kappa shape index (κ3) is 3.44. The lowest BCUT2D eigenvalue weighted by Gasteiger charge is -2.30. The van der Waals surface area contributed by atoms with Crippen LogP contribution >= 0.6 is 0 Å². The molecule has 1 aliphatic heterocycles. The fraction of sp³-hybridized carbons (Fsp3) is 1.00. The van der Waals surface area contributed by atoms with Gasteiger partial charge in [0.05, 0.1) is 0 Å². The summed E-state index contributed by atoms with van der Waals surface area (Å²) in [5.41, 5.74) is 0. The van der Waals surface area contributed by atoms with E-state index < -0.39 is 0 Å². The van der Waals surface area contributed by atoms with Gasteiger partial charge in [0.2, 0.25) is 0 Å². The van der Waals surface area contributed by atoms with Crippen LogP contribution in [0, 0.1) is 0 Å². The molecule has 3 heteroatoms. The Morgan fingerprint density at radius 3 is 2.62 bits per heavy atom. The number of hydrogen-bond donors (Lipinski definition) is 1. The van der Waals surface area contributed by atoms with Crippen LogP contribution in [-0.4, -0.2) is 62.2 Å². The van der Waals surface area contributed by atoms with Crippen LogP contribution in [-0.2, 0) is 0 Å². The summed E-state index contributed by atoms with van der Waals surface area (Å²) in [4.78, 5) is 5.05. The van der Waals surface area contributed by atoms with Gasteiger partial charge >= 0.3 is 0 Å². The zero-order valence-electron chi connectivity index (χ0n) is 10.9. The maximum Gasteiger partial charge on any atom is 0.0322 e. The van der Waals surface area contributed by atoms with E-state index in [1.807, 2.05) is 0 Å². The van der Waals surface area contributed by atoms with Crippen LogP contribution in [0.2, 0.25) is 0 Å². The van der Waals surface area contributed by atoms with Crippen LogP contribution in [0.5, 0.6) is 0 Å². The predicted octanol–water partition coefficient (Wildman–Crippen LogP) is 1.15. The number of rotatable bonds is 3. The average Bonchev–Trinajstić information content (AvgIpc) is 2.66. The summed E-state index contributed by atoms with van der Waals surface area (Å²) in [6.07, 6.45) is 7.10. The Labute approximate surface area is 100 Å². The molecule has 1 saturated carbocycles.